The quantitative estimate of drug-likeness (QED) is 0.255. The predicted molar refractivity (Wildman–Crippen MR) is 118 cm³/mol. The lowest BCUT2D eigenvalue weighted by Crippen LogP contribution is -2.39. The topological polar surface area (TPSA) is 48.9 Å². The van der Waals surface area contributed by atoms with Crippen LogP contribution in [-0.4, -0.2) is 51.7 Å². The van der Waals surface area contributed by atoms with Gasteiger partial charge in [0.15, 0.2) is 5.96 Å². The van der Waals surface area contributed by atoms with E-state index in [0.717, 1.165) is 37.8 Å². The third kappa shape index (κ3) is 10.5. The summed E-state index contributed by atoms with van der Waals surface area (Å²) in [6, 6.07) is 8.45. The minimum atomic E-state index is 0. The van der Waals surface area contributed by atoms with Gasteiger partial charge in [-0.05, 0) is 57.6 Å². The Kier molecular flexibility index (Phi) is 12.7. The smallest absolute Gasteiger partial charge is 0.191 e. The van der Waals surface area contributed by atoms with Crippen molar-refractivity contribution >= 4 is 29.9 Å². The molecule has 1 rings (SSSR count). The average molecular weight is 462 g/mol. The Hall–Kier alpha value is -1.02. The molecule has 0 radical (unpaired) electrons. The molecule has 0 aliphatic rings. The first-order valence-corrected chi connectivity index (χ1v) is 8.77. The van der Waals surface area contributed by atoms with E-state index in [1.807, 2.05) is 12.1 Å². The summed E-state index contributed by atoms with van der Waals surface area (Å²) in [6.07, 6.45) is 1.09. The van der Waals surface area contributed by atoms with Crippen LogP contribution in [-0.2, 0) is 0 Å². The second-order valence-corrected chi connectivity index (χ2v) is 6.80. The fourth-order valence-corrected chi connectivity index (χ4v) is 2.20. The average Bonchev–Trinajstić information content (AvgIpc) is 2.55. The van der Waals surface area contributed by atoms with Crippen LogP contribution in [0.2, 0.25) is 0 Å². The number of hydrogen-bond donors (Lipinski definition) is 2. The zero-order valence-corrected chi connectivity index (χ0v) is 18.8. The van der Waals surface area contributed by atoms with Crippen molar-refractivity contribution in [2.45, 2.75) is 33.2 Å². The maximum Gasteiger partial charge on any atom is 0.191 e. The number of rotatable bonds is 9. The van der Waals surface area contributed by atoms with Crippen molar-refractivity contribution in [1.29, 1.82) is 0 Å². The van der Waals surface area contributed by atoms with Crippen LogP contribution in [0.5, 0.6) is 5.75 Å². The number of ether oxygens (including phenoxy) is 1. The van der Waals surface area contributed by atoms with Gasteiger partial charge in [-0.1, -0.05) is 26.0 Å². The monoisotopic (exact) mass is 462 g/mol. The fraction of sp³-hybridized carbons (Fsp3) is 0.632. The van der Waals surface area contributed by atoms with Gasteiger partial charge in [0.25, 0.3) is 0 Å². The van der Waals surface area contributed by atoms with Crippen LogP contribution in [0.1, 0.15) is 38.8 Å². The Morgan fingerprint density at radius 1 is 1.16 bits per heavy atom. The molecule has 0 fully saturated rings. The Bertz CT molecular complexity index is 489. The molecule has 0 aliphatic heterocycles. The van der Waals surface area contributed by atoms with Gasteiger partial charge in [-0.3, -0.25) is 4.99 Å². The van der Waals surface area contributed by atoms with Gasteiger partial charge in [0.05, 0.1) is 12.6 Å². The summed E-state index contributed by atoms with van der Waals surface area (Å²) in [5.74, 6) is 2.29. The molecule has 2 N–H and O–H groups in total. The lowest BCUT2D eigenvalue weighted by molar-refractivity contribution is 0.271. The molecule has 0 saturated heterocycles. The van der Waals surface area contributed by atoms with Crippen molar-refractivity contribution in [1.82, 2.24) is 15.5 Å². The van der Waals surface area contributed by atoms with E-state index >= 15 is 0 Å². The lowest BCUT2D eigenvalue weighted by Gasteiger charge is -2.19. The Labute approximate surface area is 170 Å². The second-order valence-electron chi connectivity index (χ2n) is 6.80. The summed E-state index contributed by atoms with van der Waals surface area (Å²) in [4.78, 5) is 6.48. The zero-order chi connectivity index (χ0) is 17.9. The van der Waals surface area contributed by atoms with Crippen molar-refractivity contribution in [2.75, 3.05) is 40.8 Å². The normalized spacial score (nSPS) is 12.7. The molecule has 1 unspecified atom stereocenters. The summed E-state index contributed by atoms with van der Waals surface area (Å²) < 4.78 is 5.73. The fourth-order valence-electron chi connectivity index (χ4n) is 2.20. The van der Waals surface area contributed by atoms with Crippen LogP contribution in [0.4, 0.5) is 0 Å². The molecular formula is C19H35IN4O. The van der Waals surface area contributed by atoms with E-state index in [1.165, 1.54) is 5.56 Å². The molecule has 0 amide bonds. The molecule has 0 heterocycles. The third-order valence-corrected chi connectivity index (χ3v) is 3.61. The second kappa shape index (κ2) is 13.2. The predicted octanol–water partition coefficient (Wildman–Crippen LogP) is 3.52. The van der Waals surface area contributed by atoms with Gasteiger partial charge in [-0.15, -0.1) is 24.0 Å². The maximum absolute atomic E-state index is 5.73. The van der Waals surface area contributed by atoms with Gasteiger partial charge in [-0.2, -0.15) is 0 Å². The van der Waals surface area contributed by atoms with Crippen molar-refractivity contribution in [3.63, 3.8) is 0 Å². The minimum absolute atomic E-state index is 0. The number of hydrogen-bond acceptors (Lipinski definition) is 3. The highest BCUT2D eigenvalue weighted by molar-refractivity contribution is 14.0. The molecular weight excluding hydrogens is 427 g/mol. The number of nitrogens with one attached hydrogen (secondary N) is 2. The molecule has 0 spiro atoms. The number of aliphatic imine (C=N–C) groups is 1. The molecule has 25 heavy (non-hydrogen) atoms. The van der Waals surface area contributed by atoms with Crippen LogP contribution in [0.25, 0.3) is 0 Å². The summed E-state index contributed by atoms with van der Waals surface area (Å²) in [7, 11) is 5.98. The highest BCUT2D eigenvalue weighted by atomic mass is 127. The molecule has 5 nitrogen and oxygen atoms in total. The number of guanidine groups is 1. The zero-order valence-electron chi connectivity index (χ0n) is 16.5. The first-order chi connectivity index (χ1) is 11.4. The van der Waals surface area contributed by atoms with Gasteiger partial charge in [0.2, 0.25) is 0 Å². The van der Waals surface area contributed by atoms with Crippen LogP contribution in [0.15, 0.2) is 29.3 Å². The van der Waals surface area contributed by atoms with E-state index in [1.54, 1.807) is 7.05 Å². The van der Waals surface area contributed by atoms with Crippen LogP contribution < -0.4 is 15.4 Å². The van der Waals surface area contributed by atoms with Gasteiger partial charge in [-0.25, -0.2) is 0 Å². The third-order valence-electron chi connectivity index (χ3n) is 3.61. The van der Waals surface area contributed by atoms with Crippen molar-refractivity contribution in [2.24, 2.45) is 10.9 Å². The molecule has 1 aromatic carbocycles. The molecule has 0 aromatic heterocycles. The van der Waals surface area contributed by atoms with Gasteiger partial charge in [0.1, 0.15) is 5.75 Å². The minimum Gasteiger partial charge on any atom is -0.493 e. The molecule has 0 aliphatic carbocycles. The standard InChI is InChI=1S/C19H34N4O.HI/c1-15(2)14-24-18-10-8-17(9-11-18)16(3)22-19(20-4)21-12-7-13-23(5)6;/h8-11,15-16H,7,12-14H2,1-6H3,(H2,20,21,22);1H. The molecule has 144 valence electrons. The summed E-state index contributed by atoms with van der Waals surface area (Å²) >= 11 is 0. The number of benzene rings is 1. The Morgan fingerprint density at radius 2 is 1.80 bits per heavy atom. The highest BCUT2D eigenvalue weighted by Gasteiger charge is 2.08. The van der Waals surface area contributed by atoms with E-state index < -0.39 is 0 Å². The van der Waals surface area contributed by atoms with E-state index in [9.17, 15) is 0 Å². The Morgan fingerprint density at radius 3 is 2.32 bits per heavy atom. The lowest BCUT2D eigenvalue weighted by atomic mass is 10.1. The summed E-state index contributed by atoms with van der Waals surface area (Å²) in [5, 5.41) is 6.78. The molecule has 0 bridgehead atoms. The number of nitrogens with zero attached hydrogens (tertiary/aromatic N) is 2. The van der Waals surface area contributed by atoms with E-state index in [0.29, 0.717) is 5.92 Å². The van der Waals surface area contributed by atoms with Crippen LogP contribution in [0, 0.1) is 5.92 Å². The van der Waals surface area contributed by atoms with Crippen LogP contribution in [0.3, 0.4) is 0 Å². The van der Waals surface area contributed by atoms with Gasteiger partial charge in [0, 0.05) is 13.6 Å². The first kappa shape index (κ1) is 24.0. The highest BCUT2D eigenvalue weighted by Crippen LogP contribution is 2.18. The Balaban J connectivity index is 0.00000576. The molecule has 6 heteroatoms. The van der Waals surface area contributed by atoms with E-state index in [2.05, 4.69) is 67.5 Å². The molecule has 0 saturated carbocycles. The van der Waals surface area contributed by atoms with Crippen molar-refractivity contribution in [3.05, 3.63) is 29.8 Å². The van der Waals surface area contributed by atoms with Crippen molar-refractivity contribution < 1.29 is 4.74 Å². The SMILES string of the molecule is CN=C(NCCCN(C)C)NC(C)c1ccc(OCC(C)C)cc1.I. The van der Waals surface area contributed by atoms with E-state index in [-0.39, 0.29) is 30.0 Å². The van der Waals surface area contributed by atoms with Gasteiger partial charge < -0.3 is 20.3 Å². The molecule has 1 aromatic rings. The van der Waals surface area contributed by atoms with Crippen molar-refractivity contribution in [3.8, 4) is 5.75 Å². The number of halogens is 1. The summed E-state index contributed by atoms with van der Waals surface area (Å²) in [5.41, 5.74) is 1.21. The van der Waals surface area contributed by atoms with Crippen LogP contribution >= 0.6 is 24.0 Å². The van der Waals surface area contributed by atoms with Gasteiger partial charge >= 0.3 is 0 Å². The van der Waals surface area contributed by atoms with E-state index in [4.69, 9.17) is 4.74 Å². The first-order valence-electron chi connectivity index (χ1n) is 8.77. The maximum atomic E-state index is 5.73. The summed E-state index contributed by atoms with van der Waals surface area (Å²) in [6.45, 7) is 9.16. The largest absolute Gasteiger partial charge is 0.493 e. The molecule has 1 atom stereocenters.